The molecule has 0 bridgehead atoms. The van der Waals surface area contributed by atoms with E-state index >= 15 is 0 Å². The van der Waals surface area contributed by atoms with Gasteiger partial charge in [0.1, 0.15) is 17.7 Å². The van der Waals surface area contributed by atoms with E-state index in [1.165, 1.54) is 18.4 Å². The van der Waals surface area contributed by atoms with Crippen LogP contribution in [0.25, 0.3) is 0 Å². The van der Waals surface area contributed by atoms with Crippen LogP contribution in [0.4, 0.5) is 0 Å². The quantitative estimate of drug-likeness (QED) is 0.408. The molecule has 4 heteroatoms. The topological polar surface area (TPSA) is 29.5 Å². The molecule has 0 radical (unpaired) electrons. The minimum Gasteiger partial charge on any atom is -0.489 e. The van der Waals surface area contributed by atoms with Crippen LogP contribution in [0, 0.1) is 0 Å². The number of nitrogens with zero attached hydrogens (tertiary/aromatic N) is 1. The molecule has 1 saturated heterocycles. The van der Waals surface area contributed by atoms with E-state index in [9.17, 15) is 4.79 Å². The predicted molar refractivity (Wildman–Crippen MR) is 129 cm³/mol. The summed E-state index contributed by atoms with van der Waals surface area (Å²) in [5.41, 5.74) is 4.37. The molecule has 4 rings (SSSR count). The van der Waals surface area contributed by atoms with Crippen molar-refractivity contribution in [2.75, 3.05) is 12.3 Å². The fourth-order valence-electron chi connectivity index (χ4n) is 3.78. The van der Waals surface area contributed by atoms with Crippen LogP contribution >= 0.6 is 11.8 Å². The molecule has 1 amide bonds. The van der Waals surface area contributed by atoms with E-state index in [-0.39, 0.29) is 11.3 Å². The average Bonchev–Trinajstić information content (AvgIpc) is 3.32. The van der Waals surface area contributed by atoms with E-state index in [1.54, 1.807) is 0 Å². The lowest BCUT2D eigenvalue weighted by molar-refractivity contribution is 0.0760. The Morgan fingerprint density at radius 2 is 1.71 bits per heavy atom. The predicted octanol–water partition coefficient (Wildman–Crippen LogP) is 6.50. The minimum absolute atomic E-state index is 0.0513. The van der Waals surface area contributed by atoms with Gasteiger partial charge >= 0.3 is 0 Å². The molecule has 0 saturated carbocycles. The smallest absolute Gasteiger partial charge is 0.255 e. The summed E-state index contributed by atoms with van der Waals surface area (Å²) in [5.74, 6) is 1.91. The molecular formula is C27H29NO2S. The second-order valence-corrected chi connectivity index (χ2v) is 9.05. The van der Waals surface area contributed by atoms with Gasteiger partial charge in [-0.3, -0.25) is 4.79 Å². The number of ether oxygens (including phenoxy) is 1. The first kappa shape index (κ1) is 21.5. The third kappa shape index (κ3) is 5.50. The van der Waals surface area contributed by atoms with Gasteiger partial charge in [-0.25, -0.2) is 0 Å². The summed E-state index contributed by atoms with van der Waals surface area (Å²) >= 11 is 1.82. The molecule has 0 aromatic heterocycles. The number of unbranched alkanes of at least 4 members (excludes halogenated alkanes) is 1. The summed E-state index contributed by atoms with van der Waals surface area (Å²) in [6, 6.07) is 26.5. The van der Waals surface area contributed by atoms with Crippen LogP contribution in [0.5, 0.6) is 5.75 Å². The van der Waals surface area contributed by atoms with Gasteiger partial charge in [0.15, 0.2) is 0 Å². The Hall–Kier alpha value is -2.72. The van der Waals surface area contributed by atoms with Gasteiger partial charge < -0.3 is 9.64 Å². The number of benzene rings is 3. The molecule has 0 aliphatic carbocycles. The zero-order valence-electron chi connectivity index (χ0n) is 18.0. The summed E-state index contributed by atoms with van der Waals surface area (Å²) < 4.78 is 5.91. The highest BCUT2D eigenvalue weighted by atomic mass is 32.2. The molecule has 1 unspecified atom stereocenters. The second kappa shape index (κ2) is 10.5. The summed E-state index contributed by atoms with van der Waals surface area (Å²) in [5, 5.41) is 0.0513. The van der Waals surface area contributed by atoms with E-state index in [0.29, 0.717) is 6.61 Å². The largest absolute Gasteiger partial charge is 0.489 e. The van der Waals surface area contributed by atoms with Crippen molar-refractivity contribution in [3.63, 3.8) is 0 Å². The van der Waals surface area contributed by atoms with Crippen LogP contribution in [-0.4, -0.2) is 23.1 Å². The van der Waals surface area contributed by atoms with Crippen molar-refractivity contribution in [3.8, 4) is 5.75 Å². The minimum atomic E-state index is 0.0513. The number of hydrogen-bond acceptors (Lipinski definition) is 3. The Kier molecular flexibility index (Phi) is 7.31. The Labute approximate surface area is 189 Å². The van der Waals surface area contributed by atoms with E-state index in [2.05, 4.69) is 43.3 Å². The summed E-state index contributed by atoms with van der Waals surface area (Å²) in [6.07, 6.45) is 3.44. The lowest BCUT2D eigenvalue weighted by atomic mass is 10.1. The third-order valence-electron chi connectivity index (χ3n) is 5.59. The van der Waals surface area contributed by atoms with Gasteiger partial charge in [-0.15, -0.1) is 11.8 Å². The van der Waals surface area contributed by atoms with Gasteiger partial charge in [0.05, 0.1) is 0 Å². The highest BCUT2D eigenvalue weighted by Crippen LogP contribution is 2.39. The highest BCUT2D eigenvalue weighted by Gasteiger charge is 2.31. The Bertz CT molecular complexity index is 970. The van der Waals surface area contributed by atoms with Crippen LogP contribution < -0.4 is 4.74 Å². The fourth-order valence-corrected chi connectivity index (χ4v) is 5.04. The number of thioether (sulfide) groups is 1. The molecule has 0 spiro atoms. The lowest BCUT2D eigenvalue weighted by Crippen LogP contribution is -2.30. The standard InChI is InChI=1S/C27H29NO2S/c1-2-3-7-21-10-12-23(13-11-21)26(29)28-18-19-31-27(28)24-14-16-25(17-15-24)30-20-22-8-5-4-6-9-22/h4-6,8-17,27H,2-3,7,18-20H2,1H3. The number of rotatable bonds is 8. The molecule has 0 N–H and O–H groups in total. The first-order valence-corrected chi connectivity index (χ1v) is 12.1. The Balaban J connectivity index is 1.40. The van der Waals surface area contributed by atoms with Crippen molar-refractivity contribution in [3.05, 3.63) is 101 Å². The van der Waals surface area contributed by atoms with Crippen molar-refractivity contribution in [2.45, 2.75) is 38.2 Å². The van der Waals surface area contributed by atoms with Gasteiger partial charge in [0.25, 0.3) is 5.91 Å². The number of carbonyl (C=O) groups is 1. The molecule has 1 atom stereocenters. The van der Waals surface area contributed by atoms with E-state index in [1.807, 2.05) is 59.1 Å². The van der Waals surface area contributed by atoms with Crippen molar-refractivity contribution in [2.24, 2.45) is 0 Å². The Morgan fingerprint density at radius 3 is 2.42 bits per heavy atom. The monoisotopic (exact) mass is 431 g/mol. The molecule has 31 heavy (non-hydrogen) atoms. The third-order valence-corrected chi connectivity index (χ3v) is 6.85. The zero-order valence-corrected chi connectivity index (χ0v) is 18.8. The molecule has 3 aromatic rings. The van der Waals surface area contributed by atoms with Crippen LogP contribution in [-0.2, 0) is 13.0 Å². The van der Waals surface area contributed by atoms with Gasteiger partial charge in [-0.05, 0) is 53.8 Å². The van der Waals surface area contributed by atoms with Gasteiger partial charge in [0.2, 0.25) is 0 Å². The molecule has 160 valence electrons. The maximum Gasteiger partial charge on any atom is 0.255 e. The van der Waals surface area contributed by atoms with E-state index in [0.717, 1.165) is 41.2 Å². The van der Waals surface area contributed by atoms with Gasteiger partial charge in [-0.1, -0.05) is 67.9 Å². The fraction of sp³-hybridized carbons (Fsp3) is 0.296. The number of amides is 1. The van der Waals surface area contributed by atoms with E-state index in [4.69, 9.17) is 4.74 Å². The number of hydrogen-bond donors (Lipinski definition) is 0. The molecule has 3 aromatic carbocycles. The lowest BCUT2D eigenvalue weighted by Gasteiger charge is -2.24. The summed E-state index contributed by atoms with van der Waals surface area (Å²) in [6.45, 7) is 3.53. The molecule has 1 heterocycles. The molecule has 1 aliphatic heterocycles. The van der Waals surface area contributed by atoms with Crippen molar-refractivity contribution in [1.29, 1.82) is 0 Å². The van der Waals surface area contributed by atoms with Crippen LogP contribution in [0.2, 0.25) is 0 Å². The first-order valence-electron chi connectivity index (χ1n) is 11.0. The maximum atomic E-state index is 13.2. The normalized spacial score (nSPS) is 15.8. The second-order valence-electron chi connectivity index (χ2n) is 7.87. The van der Waals surface area contributed by atoms with Gasteiger partial charge in [-0.2, -0.15) is 0 Å². The van der Waals surface area contributed by atoms with Crippen molar-refractivity contribution >= 4 is 17.7 Å². The number of carbonyl (C=O) groups excluding carboxylic acids is 1. The van der Waals surface area contributed by atoms with E-state index < -0.39 is 0 Å². The molecule has 3 nitrogen and oxygen atoms in total. The van der Waals surface area contributed by atoms with Crippen LogP contribution in [0.1, 0.15) is 52.2 Å². The maximum absolute atomic E-state index is 13.2. The van der Waals surface area contributed by atoms with Crippen LogP contribution in [0.15, 0.2) is 78.9 Å². The van der Waals surface area contributed by atoms with Crippen molar-refractivity contribution < 1.29 is 9.53 Å². The highest BCUT2D eigenvalue weighted by molar-refractivity contribution is 7.99. The Morgan fingerprint density at radius 1 is 0.968 bits per heavy atom. The van der Waals surface area contributed by atoms with Crippen molar-refractivity contribution in [1.82, 2.24) is 4.90 Å². The molecular weight excluding hydrogens is 402 g/mol. The number of aryl methyl sites for hydroxylation is 1. The molecule has 1 aliphatic rings. The zero-order chi connectivity index (χ0) is 21.5. The first-order chi connectivity index (χ1) is 15.2. The SMILES string of the molecule is CCCCc1ccc(C(=O)N2CCSC2c2ccc(OCc3ccccc3)cc2)cc1. The van der Waals surface area contributed by atoms with Gasteiger partial charge in [0, 0.05) is 17.9 Å². The summed E-state index contributed by atoms with van der Waals surface area (Å²) in [7, 11) is 0. The summed E-state index contributed by atoms with van der Waals surface area (Å²) in [4.78, 5) is 15.2. The molecule has 1 fully saturated rings. The van der Waals surface area contributed by atoms with Crippen LogP contribution in [0.3, 0.4) is 0 Å². The average molecular weight is 432 g/mol.